The van der Waals surface area contributed by atoms with Crippen molar-refractivity contribution < 1.29 is 33.0 Å². The number of thioether (sulfide) groups is 1. The maximum atomic E-state index is 14.4. The molecule has 2 heterocycles. The lowest BCUT2D eigenvalue weighted by Crippen LogP contribution is -2.53. The number of aliphatic hydroxyl groups is 1. The number of hydrogen-bond donors (Lipinski definition) is 1. The van der Waals surface area contributed by atoms with Crippen molar-refractivity contribution in [3.63, 3.8) is 0 Å². The highest BCUT2D eigenvalue weighted by Crippen LogP contribution is 2.45. The number of nitrogens with zero attached hydrogens (tertiary/aromatic N) is 1. The molecule has 63 heavy (non-hydrogen) atoms. The lowest BCUT2D eigenvalue weighted by molar-refractivity contribution is -0.295. The number of methoxy groups -OCH3 is 1. The van der Waals surface area contributed by atoms with Gasteiger partial charge in [-0.15, -0.1) is 0 Å². The van der Waals surface area contributed by atoms with E-state index in [0.717, 1.165) is 54.5 Å². The summed E-state index contributed by atoms with van der Waals surface area (Å²) in [4.78, 5) is 16.2. The van der Waals surface area contributed by atoms with Crippen LogP contribution in [0.15, 0.2) is 54.6 Å². The second kappa shape index (κ2) is 23.4. The fourth-order valence-electron chi connectivity index (χ4n) is 9.92. The fraction of sp³-hybridized carbons (Fsp3) is 0.725. The lowest BCUT2D eigenvalue weighted by atomic mass is 9.76. The number of benzene rings is 2. The van der Waals surface area contributed by atoms with Gasteiger partial charge in [-0.3, -0.25) is 9.69 Å². The molecular formula is C51H85NO7S2Si2. The number of hydrogen-bond acceptors (Lipinski definition) is 9. The molecule has 2 aromatic rings. The van der Waals surface area contributed by atoms with Crippen molar-refractivity contribution in [2.75, 3.05) is 12.9 Å². The molecule has 13 atom stereocenters. The van der Waals surface area contributed by atoms with Gasteiger partial charge in [0.05, 0.1) is 43.5 Å². The molecule has 0 bridgehead atoms. The molecule has 0 spiro atoms. The summed E-state index contributed by atoms with van der Waals surface area (Å²) in [6.45, 7) is 33.8. The van der Waals surface area contributed by atoms with Gasteiger partial charge in [-0.2, -0.15) is 0 Å². The number of carbonyl (C=O) groups excluding carboxylic acids is 1. The molecule has 0 radical (unpaired) electrons. The molecule has 2 saturated heterocycles. The van der Waals surface area contributed by atoms with Gasteiger partial charge >= 0.3 is 0 Å². The van der Waals surface area contributed by atoms with E-state index in [2.05, 4.69) is 108 Å². The summed E-state index contributed by atoms with van der Waals surface area (Å²) in [5, 5.41) is 12.4. The van der Waals surface area contributed by atoms with Crippen LogP contribution in [0.1, 0.15) is 120 Å². The minimum absolute atomic E-state index is 0.0459. The average Bonchev–Trinajstić information content (AvgIpc) is 3.63. The van der Waals surface area contributed by atoms with Crippen LogP contribution in [-0.2, 0) is 29.5 Å². The Morgan fingerprint density at radius 1 is 0.921 bits per heavy atom. The average molecular weight is 945 g/mol. The van der Waals surface area contributed by atoms with Crippen molar-refractivity contribution in [3.05, 3.63) is 65.7 Å². The van der Waals surface area contributed by atoms with E-state index in [1.54, 1.807) is 23.8 Å². The molecule has 2 fully saturated rings. The van der Waals surface area contributed by atoms with Crippen molar-refractivity contribution in [2.45, 2.75) is 188 Å². The summed E-state index contributed by atoms with van der Waals surface area (Å²) in [6, 6.07) is 21.3. The van der Waals surface area contributed by atoms with E-state index in [1.807, 2.05) is 49.4 Å². The van der Waals surface area contributed by atoms with E-state index < -0.39 is 34.9 Å². The van der Waals surface area contributed by atoms with Crippen LogP contribution in [0.5, 0.6) is 5.75 Å². The van der Waals surface area contributed by atoms with Crippen molar-refractivity contribution in [1.29, 1.82) is 0 Å². The first-order chi connectivity index (χ1) is 29.6. The molecule has 8 nitrogen and oxygen atoms in total. The van der Waals surface area contributed by atoms with E-state index in [9.17, 15) is 9.90 Å². The van der Waals surface area contributed by atoms with Gasteiger partial charge in [-0.05, 0) is 85.1 Å². The van der Waals surface area contributed by atoms with Gasteiger partial charge in [0.15, 0.2) is 22.9 Å². The number of thiocarbonyl (C=S) groups is 1. The summed E-state index contributed by atoms with van der Waals surface area (Å²) in [6.07, 6.45) is 0.549. The van der Waals surface area contributed by atoms with Crippen molar-refractivity contribution in [1.82, 2.24) is 4.90 Å². The van der Waals surface area contributed by atoms with Gasteiger partial charge in [0.2, 0.25) is 5.91 Å². The highest BCUT2D eigenvalue weighted by Gasteiger charge is 2.48. The molecule has 2 aliphatic heterocycles. The third-order valence-electron chi connectivity index (χ3n) is 15.4. The number of amides is 1. The second-order valence-electron chi connectivity index (χ2n) is 20.6. The Balaban J connectivity index is 1.64. The normalized spacial score (nSPS) is 25.2. The standard InChI is InChI=1S/C51H85NO7S2Si2/c1-17-43(58-62(15,16)51(11,12)13)35(7)47-38(10)45(56-49(57-47)40-26-28-42(55-14)29-27-40)33(5)30-34(6)46(59-63(18-2,19-3)20-4)36(8)44(53)37(9)48(54)52-41(32-61-50(52)60)31-39-24-22-21-23-25-39/h21-29,33-38,41,43-47,49,53H,17-20,30-32H2,1-16H3/t33-,34+,35+,36+,37-,38+,41-,43-,44+,45+,46+,47+,49-/m1/s1. The molecule has 4 rings (SSSR count). The summed E-state index contributed by atoms with van der Waals surface area (Å²) in [7, 11) is -2.53. The molecule has 2 aromatic carbocycles. The van der Waals surface area contributed by atoms with Crippen molar-refractivity contribution in [2.24, 2.45) is 35.5 Å². The summed E-state index contributed by atoms with van der Waals surface area (Å²) in [5.74, 6) is 0.884. The van der Waals surface area contributed by atoms with E-state index in [4.69, 9.17) is 35.3 Å². The van der Waals surface area contributed by atoms with Crippen LogP contribution in [0.4, 0.5) is 0 Å². The molecule has 2 aliphatic rings. The Morgan fingerprint density at radius 3 is 2.05 bits per heavy atom. The Labute approximate surface area is 394 Å². The predicted molar refractivity (Wildman–Crippen MR) is 271 cm³/mol. The Morgan fingerprint density at radius 2 is 1.51 bits per heavy atom. The Hall–Kier alpha value is -1.62. The highest BCUT2D eigenvalue weighted by molar-refractivity contribution is 8.23. The zero-order chi connectivity index (χ0) is 47.0. The third kappa shape index (κ3) is 13.1. The smallest absolute Gasteiger partial charge is 0.233 e. The van der Waals surface area contributed by atoms with Crippen molar-refractivity contribution in [3.8, 4) is 5.75 Å². The van der Waals surface area contributed by atoms with Crippen LogP contribution < -0.4 is 4.74 Å². The molecule has 1 N–H and O–H groups in total. The molecule has 12 heteroatoms. The number of ether oxygens (including phenoxy) is 3. The Kier molecular flexibility index (Phi) is 20.1. The molecule has 356 valence electrons. The number of aliphatic hydroxyl groups excluding tert-OH is 1. The molecule has 0 saturated carbocycles. The topological polar surface area (TPSA) is 86.7 Å². The highest BCUT2D eigenvalue weighted by atomic mass is 32.2. The first kappa shape index (κ1) is 54.0. The molecule has 0 unspecified atom stereocenters. The van der Waals surface area contributed by atoms with Gasteiger partial charge in [0.1, 0.15) is 10.1 Å². The monoisotopic (exact) mass is 944 g/mol. The van der Waals surface area contributed by atoms with E-state index >= 15 is 0 Å². The molecule has 1 amide bonds. The number of carbonyl (C=O) groups is 1. The van der Waals surface area contributed by atoms with Crippen LogP contribution in [0.25, 0.3) is 0 Å². The Bertz CT molecular complexity index is 1720. The summed E-state index contributed by atoms with van der Waals surface area (Å²) in [5.41, 5.74) is 2.14. The first-order valence-electron chi connectivity index (χ1n) is 24.1. The van der Waals surface area contributed by atoms with E-state index in [1.165, 1.54) is 5.56 Å². The largest absolute Gasteiger partial charge is 0.497 e. The minimum atomic E-state index is -2.15. The zero-order valence-electron chi connectivity index (χ0n) is 41.8. The van der Waals surface area contributed by atoms with Crippen molar-refractivity contribution >= 4 is 50.8 Å². The lowest BCUT2D eigenvalue weighted by Gasteiger charge is -2.49. The maximum absolute atomic E-state index is 14.4. The minimum Gasteiger partial charge on any atom is -0.497 e. The zero-order valence-corrected chi connectivity index (χ0v) is 45.4. The number of rotatable bonds is 22. The van der Waals surface area contributed by atoms with Crippen LogP contribution in [0.3, 0.4) is 0 Å². The summed E-state index contributed by atoms with van der Waals surface area (Å²) >= 11 is 7.34. The van der Waals surface area contributed by atoms with Gasteiger partial charge in [0, 0.05) is 35.2 Å². The first-order valence-corrected chi connectivity index (χ1v) is 30.9. The van der Waals surface area contributed by atoms with Gasteiger partial charge in [0.25, 0.3) is 0 Å². The predicted octanol–water partition coefficient (Wildman–Crippen LogP) is 12.7. The van der Waals surface area contributed by atoms with Gasteiger partial charge < -0.3 is 28.2 Å². The van der Waals surface area contributed by atoms with Gasteiger partial charge in [-0.1, -0.05) is 156 Å². The van der Waals surface area contributed by atoms with E-state index in [0.29, 0.717) is 4.32 Å². The van der Waals surface area contributed by atoms with Crippen LogP contribution in [0, 0.1) is 35.5 Å². The SMILES string of the molecule is CC[C@@H](O[Si](C)(C)C(C)(C)C)[C@H](C)[C@@H]1O[C@H](c2ccc(OC)cc2)O[C@@H]([C@H](C)C[C@H](C)[C@H](O[Si](CC)(CC)CC)[C@@H](C)[C@H](O)[C@@H](C)C(=O)N2C(=S)SC[C@H]2Cc2ccccc2)[C@@H]1C. The van der Waals surface area contributed by atoms with Crippen LogP contribution >= 0.6 is 24.0 Å². The molecular weight excluding hydrogens is 859 g/mol. The second-order valence-corrected chi connectivity index (χ2v) is 31.8. The maximum Gasteiger partial charge on any atom is 0.233 e. The van der Waals surface area contributed by atoms with Gasteiger partial charge in [-0.25, -0.2) is 0 Å². The van der Waals surface area contributed by atoms with Crippen LogP contribution in [-0.4, -0.2) is 86.3 Å². The molecule has 0 aromatic heterocycles. The summed E-state index contributed by atoms with van der Waals surface area (Å²) < 4.78 is 34.8. The fourth-order valence-corrected chi connectivity index (χ4v) is 15.9. The van der Waals surface area contributed by atoms with E-state index in [-0.39, 0.29) is 71.0 Å². The quantitative estimate of drug-likeness (QED) is 0.0916. The van der Waals surface area contributed by atoms with Crippen LogP contribution in [0.2, 0.25) is 36.3 Å². The third-order valence-corrected chi connectivity index (χ3v) is 26.1. The molecule has 0 aliphatic carbocycles.